The lowest BCUT2D eigenvalue weighted by atomic mass is 10.0. The van der Waals surface area contributed by atoms with Crippen molar-refractivity contribution < 1.29 is 0 Å². The Hall–Kier alpha value is -0.870. The minimum atomic E-state index is 0.326. The largest absolute Gasteiger partial charge is 0.329 e. The Kier molecular flexibility index (Phi) is 4.40. The Morgan fingerprint density at radius 1 is 1.50 bits per heavy atom. The molecule has 18 heavy (non-hydrogen) atoms. The predicted molar refractivity (Wildman–Crippen MR) is 74.4 cm³/mol. The van der Waals surface area contributed by atoms with Crippen molar-refractivity contribution in [2.24, 2.45) is 12.8 Å². The zero-order valence-electron chi connectivity index (χ0n) is 11.9. The molecular formula is C14H26N4. The van der Waals surface area contributed by atoms with Gasteiger partial charge in [0, 0.05) is 31.4 Å². The minimum Gasteiger partial charge on any atom is -0.329 e. The van der Waals surface area contributed by atoms with Crippen LogP contribution in [0.15, 0.2) is 6.20 Å². The van der Waals surface area contributed by atoms with Crippen LogP contribution in [0.25, 0.3) is 0 Å². The molecule has 0 bridgehead atoms. The second-order valence-corrected chi connectivity index (χ2v) is 5.36. The number of aromatic nitrogens is 2. The Labute approximate surface area is 110 Å². The fourth-order valence-corrected chi connectivity index (χ4v) is 3.36. The van der Waals surface area contributed by atoms with Gasteiger partial charge >= 0.3 is 0 Å². The lowest BCUT2D eigenvalue weighted by Crippen LogP contribution is -2.40. The highest BCUT2D eigenvalue weighted by molar-refractivity contribution is 5.21. The summed E-state index contributed by atoms with van der Waals surface area (Å²) in [6, 6.07) is 1.04. The first-order valence-corrected chi connectivity index (χ1v) is 7.13. The summed E-state index contributed by atoms with van der Waals surface area (Å²) in [5.41, 5.74) is 8.46. The summed E-state index contributed by atoms with van der Waals surface area (Å²) in [6.07, 6.45) is 7.51. The Morgan fingerprint density at radius 3 is 2.61 bits per heavy atom. The molecule has 1 unspecified atom stereocenters. The van der Waals surface area contributed by atoms with Crippen LogP contribution in [0.5, 0.6) is 0 Å². The van der Waals surface area contributed by atoms with Crippen molar-refractivity contribution in [3.05, 3.63) is 17.5 Å². The molecule has 1 heterocycles. The first-order valence-electron chi connectivity index (χ1n) is 7.13. The Balaban J connectivity index is 2.22. The van der Waals surface area contributed by atoms with Crippen molar-refractivity contribution in [1.29, 1.82) is 0 Å². The summed E-state index contributed by atoms with van der Waals surface area (Å²) in [7, 11) is 1.98. The Morgan fingerprint density at radius 2 is 2.17 bits per heavy atom. The molecule has 0 spiro atoms. The van der Waals surface area contributed by atoms with Crippen LogP contribution in [0.3, 0.4) is 0 Å². The molecule has 4 heteroatoms. The van der Waals surface area contributed by atoms with E-state index in [0.29, 0.717) is 18.6 Å². The van der Waals surface area contributed by atoms with Crippen molar-refractivity contribution in [3.63, 3.8) is 0 Å². The number of likely N-dealkylation sites (N-methyl/N-ethyl adjacent to an activating group) is 1. The number of nitrogens with zero attached hydrogens (tertiary/aromatic N) is 3. The molecule has 1 saturated carbocycles. The summed E-state index contributed by atoms with van der Waals surface area (Å²) in [6.45, 7) is 6.07. The summed E-state index contributed by atoms with van der Waals surface area (Å²) in [5.74, 6) is 0. The smallest absolute Gasteiger partial charge is 0.0641 e. The molecule has 0 aromatic carbocycles. The zero-order chi connectivity index (χ0) is 13.1. The van der Waals surface area contributed by atoms with Gasteiger partial charge in [-0.3, -0.25) is 9.58 Å². The van der Waals surface area contributed by atoms with Gasteiger partial charge in [0.2, 0.25) is 0 Å². The summed E-state index contributed by atoms with van der Waals surface area (Å²) >= 11 is 0. The van der Waals surface area contributed by atoms with Crippen LogP contribution >= 0.6 is 0 Å². The van der Waals surface area contributed by atoms with Crippen molar-refractivity contribution in [1.82, 2.24) is 14.7 Å². The molecule has 0 aliphatic heterocycles. The SMILES string of the molecule is CCN(C1CCCC1)C(CN)c1cn(C)nc1C. The fraction of sp³-hybridized carbons (Fsp3) is 0.786. The van der Waals surface area contributed by atoms with Crippen molar-refractivity contribution >= 4 is 0 Å². The molecule has 2 rings (SSSR count). The van der Waals surface area contributed by atoms with Crippen LogP contribution in [0, 0.1) is 6.92 Å². The van der Waals surface area contributed by atoms with Crippen LogP contribution in [-0.4, -0.2) is 33.8 Å². The van der Waals surface area contributed by atoms with Gasteiger partial charge in [-0.1, -0.05) is 19.8 Å². The molecular weight excluding hydrogens is 224 g/mol. The van der Waals surface area contributed by atoms with Crippen LogP contribution in [0.4, 0.5) is 0 Å². The van der Waals surface area contributed by atoms with E-state index in [1.165, 1.54) is 31.2 Å². The average molecular weight is 250 g/mol. The zero-order valence-corrected chi connectivity index (χ0v) is 11.9. The fourth-order valence-electron chi connectivity index (χ4n) is 3.36. The quantitative estimate of drug-likeness (QED) is 0.869. The number of hydrogen-bond donors (Lipinski definition) is 1. The summed E-state index contributed by atoms with van der Waals surface area (Å²) in [4.78, 5) is 2.58. The lowest BCUT2D eigenvalue weighted by Gasteiger charge is -2.35. The third kappa shape index (κ3) is 2.59. The van der Waals surface area contributed by atoms with Crippen LogP contribution in [0.1, 0.15) is 49.9 Å². The van der Waals surface area contributed by atoms with Gasteiger partial charge in [-0.2, -0.15) is 5.10 Å². The molecule has 1 aliphatic carbocycles. The predicted octanol–water partition coefficient (Wildman–Crippen LogP) is 1.99. The van der Waals surface area contributed by atoms with E-state index >= 15 is 0 Å². The monoisotopic (exact) mass is 250 g/mol. The number of rotatable bonds is 5. The van der Waals surface area contributed by atoms with Gasteiger partial charge in [0.1, 0.15) is 0 Å². The van der Waals surface area contributed by atoms with E-state index in [9.17, 15) is 0 Å². The van der Waals surface area contributed by atoms with E-state index in [2.05, 4.69) is 30.0 Å². The van der Waals surface area contributed by atoms with Gasteiger partial charge < -0.3 is 5.73 Å². The molecule has 1 aromatic rings. The van der Waals surface area contributed by atoms with Gasteiger partial charge in [0.25, 0.3) is 0 Å². The van der Waals surface area contributed by atoms with Crippen molar-refractivity contribution in [2.75, 3.05) is 13.1 Å². The summed E-state index contributed by atoms with van der Waals surface area (Å²) < 4.78 is 1.90. The van der Waals surface area contributed by atoms with Gasteiger partial charge in [0.05, 0.1) is 11.7 Å². The first kappa shape index (κ1) is 13.6. The van der Waals surface area contributed by atoms with Gasteiger partial charge in [-0.15, -0.1) is 0 Å². The standard InChI is InChI=1S/C14H26N4/c1-4-18(12-7-5-6-8-12)14(9-15)13-10-17(3)16-11(13)2/h10,12,14H,4-9,15H2,1-3H3. The van der Waals surface area contributed by atoms with Crippen LogP contribution in [-0.2, 0) is 7.05 Å². The molecule has 1 atom stereocenters. The van der Waals surface area contributed by atoms with E-state index < -0.39 is 0 Å². The second kappa shape index (κ2) is 5.85. The average Bonchev–Trinajstić information content (AvgIpc) is 2.96. The molecule has 102 valence electrons. The Bertz CT molecular complexity index is 379. The maximum Gasteiger partial charge on any atom is 0.0641 e. The highest BCUT2D eigenvalue weighted by Gasteiger charge is 2.29. The van der Waals surface area contributed by atoms with E-state index in [1.807, 2.05) is 11.7 Å². The minimum absolute atomic E-state index is 0.326. The second-order valence-electron chi connectivity index (χ2n) is 5.36. The first-order chi connectivity index (χ1) is 8.67. The third-order valence-electron chi connectivity index (χ3n) is 4.19. The molecule has 4 nitrogen and oxygen atoms in total. The highest BCUT2D eigenvalue weighted by atomic mass is 15.3. The molecule has 2 N–H and O–H groups in total. The number of nitrogens with two attached hydrogens (primary N) is 1. The van der Waals surface area contributed by atoms with Crippen LogP contribution in [0.2, 0.25) is 0 Å². The van der Waals surface area contributed by atoms with Crippen molar-refractivity contribution in [2.45, 2.75) is 51.6 Å². The third-order valence-corrected chi connectivity index (χ3v) is 4.19. The number of hydrogen-bond acceptors (Lipinski definition) is 3. The topological polar surface area (TPSA) is 47.1 Å². The molecule has 0 saturated heterocycles. The van der Waals surface area contributed by atoms with E-state index in [1.54, 1.807) is 0 Å². The maximum absolute atomic E-state index is 6.05. The molecule has 0 radical (unpaired) electrons. The van der Waals surface area contributed by atoms with Gasteiger partial charge in [0.15, 0.2) is 0 Å². The normalized spacial score (nSPS) is 18.7. The van der Waals surface area contributed by atoms with E-state index in [0.717, 1.165) is 12.2 Å². The van der Waals surface area contributed by atoms with Gasteiger partial charge in [-0.25, -0.2) is 0 Å². The molecule has 1 aliphatic rings. The molecule has 1 fully saturated rings. The van der Waals surface area contributed by atoms with E-state index in [4.69, 9.17) is 5.73 Å². The number of aryl methyl sites for hydroxylation is 2. The van der Waals surface area contributed by atoms with Gasteiger partial charge in [-0.05, 0) is 26.3 Å². The van der Waals surface area contributed by atoms with Crippen LogP contribution < -0.4 is 5.73 Å². The molecule has 0 amide bonds. The lowest BCUT2D eigenvalue weighted by molar-refractivity contribution is 0.147. The summed E-state index contributed by atoms with van der Waals surface area (Å²) in [5, 5.41) is 4.46. The molecule has 1 aromatic heterocycles. The maximum atomic E-state index is 6.05. The van der Waals surface area contributed by atoms with E-state index in [-0.39, 0.29) is 0 Å². The van der Waals surface area contributed by atoms with Crippen molar-refractivity contribution in [3.8, 4) is 0 Å². The highest BCUT2D eigenvalue weighted by Crippen LogP contribution is 2.31.